The number of esters is 1. The number of hydrogen-bond acceptors (Lipinski definition) is 6. The molecule has 0 bridgehead atoms. The van der Waals surface area contributed by atoms with Crippen molar-refractivity contribution >= 4 is 38.2 Å². The SMILES string of the molecule is COC(=O)c1nc(-c2ccc(OC)c(Br)c2)sc1N. The highest BCUT2D eigenvalue weighted by Crippen LogP contribution is 2.34. The second kappa shape index (κ2) is 5.58. The summed E-state index contributed by atoms with van der Waals surface area (Å²) in [4.78, 5) is 15.7. The predicted molar refractivity (Wildman–Crippen MR) is 77.6 cm³/mol. The third-order valence-corrected chi connectivity index (χ3v) is 3.98. The standard InChI is InChI=1S/C12H11BrN2O3S/c1-17-8-4-3-6(5-7(8)13)11-15-9(10(14)19-11)12(16)18-2/h3-5H,14H2,1-2H3. The van der Waals surface area contributed by atoms with Gasteiger partial charge < -0.3 is 15.2 Å². The molecule has 1 aromatic heterocycles. The summed E-state index contributed by atoms with van der Waals surface area (Å²) < 4.78 is 10.6. The molecule has 0 unspecified atom stereocenters. The Bertz CT molecular complexity index is 627. The first-order valence-corrected chi connectivity index (χ1v) is 6.86. The van der Waals surface area contributed by atoms with Gasteiger partial charge in [-0.05, 0) is 34.1 Å². The summed E-state index contributed by atoms with van der Waals surface area (Å²) in [5, 5.41) is 0.995. The van der Waals surface area contributed by atoms with Gasteiger partial charge in [0.15, 0.2) is 5.69 Å². The highest BCUT2D eigenvalue weighted by molar-refractivity contribution is 9.10. The predicted octanol–water partition coefficient (Wildman–Crippen LogP) is 2.95. The van der Waals surface area contributed by atoms with Crippen LogP contribution in [-0.2, 0) is 4.74 Å². The maximum Gasteiger partial charge on any atom is 0.359 e. The summed E-state index contributed by atoms with van der Waals surface area (Å²) >= 11 is 4.64. The minimum atomic E-state index is -0.535. The number of rotatable bonds is 3. The first-order valence-electron chi connectivity index (χ1n) is 5.25. The number of halogens is 1. The van der Waals surface area contributed by atoms with Crippen LogP contribution in [0.15, 0.2) is 22.7 Å². The quantitative estimate of drug-likeness (QED) is 0.868. The smallest absolute Gasteiger partial charge is 0.359 e. The Hall–Kier alpha value is -1.60. The number of nitrogens with zero attached hydrogens (tertiary/aromatic N) is 1. The third-order valence-electron chi connectivity index (χ3n) is 2.43. The van der Waals surface area contributed by atoms with Gasteiger partial charge in [0.2, 0.25) is 0 Å². The lowest BCUT2D eigenvalue weighted by Gasteiger charge is -2.04. The molecule has 0 aliphatic heterocycles. The Morgan fingerprint density at radius 2 is 2.16 bits per heavy atom. The average molecular weight is 343 g/mol. The number of anilines is 1. The van der Waals surface area contributed by atoms with Crippen molar-refractivity contribution in [3.8, 4) is 16.3 Å². The van der Waals surface area contributed by atoms with Crippen LogP contribution >= 0.6 is 27.3 Å². The molecule has 2 aromatic rings. The lowest BCUT2D eigenvalue weighted by Crippen LogP contribution is -2.04. The van der Waals surface area contributed by atoms with Crippen molar-refractivity contribution in [3.63, 3.8) is 0 Å². The molecule has 2 N–H and O–H groups in total. The van der Waals surface area contributed by atoms with Crippen molar-refractivity contribution in [2.24, 2.45) is 0 Å². The van der Waals surface area contributed by atoms with Crippen LogP contribution in [0.4, 0.5) is 5.00 Å². The fraction of sp³-hybridized carbons (Fsp3) is 0.167. The van der Waals surface area contributed by atoms with Gasteiger partial charge in [0.25, 0.3) is 0 Å². The Labute approximate surface area is 122 Å². The van der Waals surface area contributed by atoms with E-state index in [1.807, 2.05) is 18.2 Å². The van der Waals surface area contributed by atoms with Crippen LogP contribution in [-0.4, -0.2) is 25.2 Å². The van der Waals surface area contributed by atoms with E-state index in [1.165, 1.54) is 18.4 Å². The van der Waals surface area contributed by atoms with Crippen molar-refractivity contribution in [1.29, 1.82) is 0 Å². The number of benzene rings is 1. The molecule has 0 radical (unpaired) electrons. The van der Waals surface area contributed by atoms with Gasteiger partial charge in [-0.15, -0.1) is 0 Å². The van der Waals surface area contributed by atoms with Crippen molar-refractivity contribution in [3.05, 3.63) is 28.4 Å². The second-order valence-electron chi connectivity index (χ2n) is 3.57. The van der Waals surface area contributed by atoms with E-state index in [2.05, 4.69) is 25.7 Å². The Morgan fingerprint density at radius 3 is 2.74 bits per heavy atom. The molecule has 0 spiro atoms. The highest BCUT2D eigenvalue weighted by Gasteiger charge is 2.18. The van der Waals surface area contributed by atoms with E-state index in [0.29, 0.717) is 10.0 Å². The fourth-order valence-corrected chi connectivity index (χ4v) is 2.85. The lowest BCUT2D eigenvalue weighted by atomic mass is 10.2. The molecular formula is C12H11BrN2O3S. The van der Waals surface area contributed by atoms with E-state index in [9.17, 15) is 4.79 Å². The summed E-state index contributed by atoms with van der Waals surface area (Å²) in [5.41, 5.74) is 6.76. The summed E-state index contributed by atoms with van der Waals surface area (Å²) in [6.07, 6.45) is 0. The molecule has 2 rings (SSSR count). The normalized spacial score (nSPS) is 10.3. The van der Waals surface area contributed by atoms with Crippen LogP contribution in [0, 0.1) is 0 Å². The van der Waals surface area contributed by atoms with Gasteiger partial charge in [0.1, 0.15) is 15.8 Å². The number of carbonyl (C=O) groups is 1. The minimum Gasteiger partial charge on any atom is -0.496 e. The van der Waals surface area contributed by atoms with E-state index in [0.717, 1.165) is 15.8 Å². The molecule has 1 aromatic carbocycles. The van der Waals surface area contributed by atoms with Crippen molar-refractivity contribution in [1.82, 2.24) is 4.98 Å². The maximum absolute atomic E-state index is 11.5. The number of methoxy groups -OCH3 is 2. The first-order chi connectivity index (χ1) is 9.06. The van der Waals surface area contributed by atoms with E-state index in [4.69, 9.17) is 10.5 Å². The van der Waals surface area contributed by atoms with E-state index >= 15 is 0 Å². The molecule has 0 amide bonds. The molecule has 0 fully saturated rings. The number of ether oxygens (including phenoxy) is 2. The second-order valence-corrected chi connectivity index (χ2v) is 5.46. The molecule has 7 heteroatoms. The van der Waals surface area contributed by atoms with Gasteiger partial charge in [-0.25, -0.2) is 9.78 Å². The maximum atomic E-state index is 11.5. The van der Waals surface area contributed by atoms with E-state index in [1.54, 1.807) is 7.11 Å². The van der Waals surface area contributed by atoms with E-state index in [-0.39, 0.29) is 5.69 Å². The van der Waals surface area contributed by atoms with Gasteiger partial charge in [-0.2, -0.15) is 0 Å². The Balaban J connectivity index is 2.42. The monoisotopic (exact) mass is 342 g/mol. The summed E-state index contributed by atoms with van der Waals surface area (Å²) in [7, 11) is 2.89. The Morgan fingerprint density at radius 1 is 1.42 bits per heavy atom. The molecule has 1 heterocycles. The average Bonchev–Trinajstić information content (AvgIpc) is 2.80. The molecule has 19 heavy (non-hydrogen) atoms. The van der Waals surface area contributed by atoms with Gasteiger partial charge in [0, 0.05) is 5.56 Å². The topological polar surface area (TPSA) is 74.4 Å². The van der Waals surface area contributed by atoms with Crippen LogP contribution in [0.2, 0.25) is 0 Å². The lowest BCUT2D eigenvalue weighted by molar-refractivity contribution is 0.0596. The van der Waals surface area contributed by atoms with Gasteiger partial charge in [0.05, 0.1) is 18.7 Å². The summed E-state index contributed by atoms with van der Waals surface area (Å²) in [6, 6.07) is 5.52. The molecule has 0 saturated carbocycles. The van der Waals surface area contributed by atoms with Crippen LogP contribution in [0.5, 0.6) is 5.75 Å². The van der Waals surface area contributed by atoms with Crippen LogP contribution < -0.4 is 10.5 Å². The number of carbonyl (C=O) groups excluding carboxylic acids is 1. The molecule has 100 valence electrons. The fourth-order valence-electron chi connectivity index (χ4n) is 1.50. The van der Waals surface area contributed by atoms with Crippen LogP contribution in [0.3, 0.4) is 0 Å². The molecular weight excluding hydrogens is 332 g/mol. The number of nitrogen functional groups attached to an aromatic ring is 1. The Kier molecular flexibility index (Phi) is 4.06. The molecule has 0 atom stereocenters. The third kappa shape index (κ3) is 2.71. The zero-order valence-electron chi connectivity index (χ0n) is 10.3. The largest absolute Gasteiger partial charge is 0.496 e. The molecule has 0 aliphatic carbocycles. The first kappa shape index (κ1) is 13.8. The number of aromatic nitrogens is 1. The van der Waals surface area contributed by atoms with Gasteiger partial charge in [-0.3, -0.25) is 0 Å². The van der Waals surface area contributed by atoms with E-state index < -0.39 is 5.97 Å². The minimum absolute atomic E-state index is 0.148. The van der Waals surface area contributed by atoms with Crippen LogP contribution in [0.25, 0.3) is 10.6 Å². The van der Waals surface area contributed by atoms with Crippen molar-refractivity contribution in [2.75, 3.05) is 20.0 Å². The van der Waals surface area contributed by atoms with Gasteiger partial charge in [-0.1, -0.05) is 11.3 Å². The summed E-state index contributed by atoms with van der Waals surface area (Å²) in [6.45, 7) is 0. The zero-order valence-corrected chi connectivity index (χ0v) is 12.7. The molecule has 0 saturated heterocycles. The summed E-state index contributed by atoms with van der Waals surface area (Å²) in [5.74, 6) is 0.189. The molecule has 0 aliphatic rings. The zero-order chi connectivity index (χ0) is 14.0. The number of thiazole rings is 1. The van der Waals surface area contributed by atoms with Crippen molar-refractivity contribution < 1.29 is 14.3 Å². The van der Waals surface area contributed by atoms with Crippen LogP contribution in [0.1, 0.15) is 10.5 Å². The highest BCUT2D eigenvalue weighted by atomic mass is 79.9. The van der Waals surface area contributed by atoms with Crippen molar-refractivity contribution in [2.45, 2.75) is 0 Å². The molecule has 5 nitrogen and oxygen atoms in total. The number of nitrogens with two attached hydrogens (primary N) is 1. The number of hydrogen-bond donors (Lipinski definition) is 1. The van der Waals surface area contributed by atoms with Gasteiger partial charge >= 0.3 is 5.97 Å².